The molecule has 2 heterocycles. The molecule has 0 aliphatic carbocycles. The van der Waals surface area contributed by atoms with Crippen LogP contribution in [0.5, 0.6) is 5.75 Å². The van der Waals surface area contributed by atoms with E-state index < -0.39 is 35.6 Å². The van der Waals surface area contributed by atoms with Crippen LogP contribution in [0.25, 0.3) is 22.6 Å². The van der Waals surface area contributed by atoms with Crippen molar-refractivity contribution >= 4 is 23.3 Å². The number of methoxy groups -OCH3 is 1. The van der Waals surface area contributed by atoms with Crippen molar-refractivity contribution in [3.63, 3.8) is 0 Å². The average Bonchev–Trinajstić information content (AvgIpc) is 3.40. The van der Waals surface area contributed by atoms with Crippen molar-refractivity contribution in [1.29, 1.82) is 0 Å². The number of ether oxygens (including phenoxy) is 1. The summed E-state index contributed by atoms with van der Waals surface area (Å²) < 4.78 is 52.1. The zero-order chi connectivity index (χ0) is 29.1. The molecule has 2 aromatic heterocycles. The van der Waals surface area contributed by atoms with Crippen molar-refractivity contribution in [2.75, 3.05) is 7.11 Å². The van der Waals surface area contributed by atoms with Crippen LogP contribution < -0.4 is 16.0 Å². The molecule has 1 unspecified atom stereocenters. The second-order valence-corrected chi connectivity index (χ2v) is 9.12. The lowest BCUT2D eigenvalue weighted by Gasteiger charge is -2.20. The van der Waals surface area contributed by atoms with Gasteiger partial charge in [-0.3, -0.25) is 14.4 Å². The first-order valence-corrected chi connectivity index (χ1v) is 12.2. The van der Waals surface area contributed by atoms with Crippen LogP contribution in [0.15, 0.2) is 57.9 Å². The summed E-state index contributed by atoms with van der Waals surface area (Å²) in [6.45, 7) is 1.71. The number of rotatable bonds is 10. The minimum absolute atomic E-state index is 0.167. The number of benzene rings is 2. The Balaban J connectivity index is 1.73. The highest BCUT2D eigenvalue weighted by atomic mass is 35.5. The first-order valence-electron chi connectivity index (χ1n) is 11.9. The molecule has 0 saturated carbocycles. The normalized spacial score (nSPS) is 12.0. The Hall–Kier alpha value is -4.45. The zero-order valence-corrected chi connectivity index (χ0v) is 21.9. The van der Waals surface area contributed by atoms with E-state index in [-0.39, 0.29) is 52.0 Å². The van der Waals surface area contributed by atoms with E-state index >= 15 is 0 Å². The molecule has 0 radical (unpaired) electrons. The summed E-state index contributed by atoms with van der Waals surface area (Å²) in [4.78, 5) is 37.8. The summed E-state index contributed by atoms with van der Waals surface area (Å²) in [6, 6.07) is 8.40. The van der Waals surface area contributed by atoms with Gasteiger partial charge in [0.05, 0.1) is 24.9 Å². The van der Waals surface area contributed by atoms with E-state index in [9.17, 15) is 27.6 Å². The minimum atomic E-state index is -2.98. The summed E-state index contributed by atoms with van der Waals surface area (Å²) in [5.41, 5.74) is 5.32. The number of nitrogens with two attached hydrogens (primary N) is 1. The van der Waals surface area contributed by atoms with Gasteiger partial charge >= 0.3 is 6.43 Å². The van der Waals surface area contributed by atoms with E-state index in [1.54, 1.807) is 6.92 Å². The number of nitrogens with zero attached hydrogens (tertiary/aromatic N) is 3. The maximum atomic E-state index is 14.2. The molecular weight excluding hydrogens is 553 g/mol. The Morgan fingerprint density at radius 3 is 2.45 bits per heavy atom. The Labute approximate surface area is 230 Å². The molecule has 208 valence electrons. The smallest absolute Gasteiger partial charge is 0.314 e. The van der Waals surface area contributed by atoms with Crippen LogP contribution in [0, 0.1) is 5.82 Å². The highest BCUT2D eigenvalue weighted by Crippen LogP contribution is 2.38. The van der Waals surface area contributed by atoms with Gasteiger partial charge in [-0.05, 0) is 47.9 Å². The molecule has 0 aliphatic heterocycles. The number of aromatic nitrogens is 3. The maximum Gasteiger partial charge on any atom is 0.314 e. The predicted octanol–water partition coefficient (Wildman–Crippen LogP) is 5.17. The summed E-state index contributed by atoms with van der Waals surface area (Å²) in [7, 11) is 1.35. The number of ketones is 1. The second kappa shape index (κ2) is 11.7. The van der Waals surface area contributed by atoms with Crippen LogP contribution in [-0.2, 0) is 11.2 Å². The van der Waals surface area contributed by atoms with E-state index in [4.69, 9.17) is 26.5 Å². The Kier molecular flexibility index (Phi) is 8.38. The molecule has 0 bridgehead atoms. The molecule has 1 amide bonds. The van der Waals surface area contributed by atoms with E-state index in [1.807, 2.05) is 0 Å². The van der Waals surface area contributed by atoms with Gasteiger partial charge in [-0.2, -0.15) is 8.78 Å². The lowest BCUT2D eigenvalue weighted by molar-refractivity contribution is -0.121. The SMILES string of the molecule is CCC(C(=O)Cc1ccc(C(N)=O)c(F)c1)n1cc(OC)c(-c2cc(Cl)ccc2-c2nnc(C(F)F)o2)cc1=O. The molecule has 2 N–H and O–H groups in total. The number of pyridine rings is 1. The summed E-state index contributed by atoms with van der Waals surface area (Å²) in [5, 5.41) is 7.31. The molecule has 0 aliphatic rings. The van der Waals surface area contributed by atoms with Crippen LogP contribution in [0.1, 0.15) is 47.6 Å². The summed E-state index contributed by atoms with van der Waals surface area (Å²) in [6.07, 6.45) is -1.61. The predicted molar refractivity (Wildman–Crippen MR) is 139 cm³/mol. The van der Waals surface area contributed by atoms with Gasteiger partial charge in [0.15, 0.2) is 5.78 Å². The number of alkyl halides is 2. The third-order valence-electron chi connectivity index (χ3n) is 6.16. The van der Waals surface area contributed by atoms with Crippen LogP contribution in [0.4, 0.5) is 13.2 Å². The first-order chi connectivity index (χ1) is 19.0. The first kappa shape index (κ1) is 28.6. The van der Waals surface area contributed by atoms with Gasteiger partial charge in [0.1, 0.15) is 11.6 Å². The van der Waals surface area contributed by atoms with Gasteiger partial charge in [0.25, 0.3) is 17.4 Å². The molecule has 1 atom stereocenters. The van der Waals surface area contributed by atoms with Gasteiger partial charge in [-0.15, -0.1) is 10.2 Å². The third kappa shape index (κ3) is 5.76. The molecule has 4 aromatic rings. The molecule has 4 rings (SSSR count). The topological polar surface area (TPSA) is 130 Å². The largest absolute Gasteiger partial charge is 0.495 e. The Morgan fingerprint density at radius 2 is 1.85 bits per heavy atom. The lowest BCUT2D eigenvalue weighted by atomic mass is 9.98. The molecule has 0 saturated heterocycles. The fourth-order valence-corrected chi connectivity index (χ4v) is 4.44. The molecule has 0 fully saturated rings. The van der Waals surface area contributed by atoms with Crippen LogP contribution in [0.2, 0.25) is 5.02 Å². The van der Waals surface area contributed by atoms with Gasteiger partial charge in [0.2, 0.25) is 5.89 Å². The van der Waals surface area contributed by atoms with Gasteiger partial charge in [0, 0.05) is 28.6 Å². The number of carbonyl (C=O) groups is 2. The molecule has 2 aromatic carbocycles. The van der Waals surface area contributed by atoms with Crippen LogP contribution >= 0.6 is 11.6 Å². The average molecular weight is 575 g/mol. The molecule has 9 nitrogen and oxygen atoms in total. The second-order valence-electron chi connectivity index (χ2n) is 8.68. The number of hydrogen-bond donors (Lipinski definition) is 1. The third-order valence-corrected chi connectivity index (χ3v) is 6.40. The van der Waals surface area contributed by atoms with Crippen molar-refractivity contribution in [3.8, 4) is 28.3 Å². The Morgan fingerprint density at radius 1 is 1.10 bits per heavy atom. The quantitative estimate of drug-likeness (QED) is 0.277. The Bertz CT molecular complexity index is 1650. The summed E-state index contributed by atoms with van der Waals surface area (Å²) >= 11 is 6.20. The fourth-order valence-electron chi connectivity index (χ4n) is 4.27. The highest BCUT2D eigenvalue weighted by Gasteiger charge is 2.25. The van der Waals surface area contributed by atoms with E-state index in [0.717, 1.165) is 6.07 Å². The minimum Gasteiger partial charge on any atom is -0.495 e. The van der Waals surface area contributed by atoms with Crippen molar-refractivity contribution < 1.29 is 31.9 Å². The van der Waals surface area contributed by atoms with E-state index in [1.165, 1.54) is 54.3 Å². The van der Waals surface area contributed by atoms with Crippen LogP contribution in [-0.4, -0.2) is 33.6 Å². The molecular formula is C27H22ClF3N4O5. The van der Waals surface area contributed by atoms with Crippen molar-refractivity contribution in [1.82, 2.24) is 14.8 Å². The van der Waals surface area contributed by atoms with Gasteiger partial charge in [-0.25, -0.2) is 4.39 Å². The number of halogens is 4. The highest BCUT2D eigenvalue weighted by molar-refractivity contribution is 6.31. The van der Waals surface area contributed by atoms with Gasteiger partial charge in [-0.1, -0.05) is 24.6 Å². The zero-order valence-electron chi connectivity index (χ0n) is 21.2. The van der Waals surface area contributed by atoms with Gasteiger partial charge < -0.3 is 19.5 Å². The van der Waals surface area contributed by atoms with Crippen molar-refractivity contribution in [3.05, 3.63) is 86.9 Å². The maximum absolute atomic E-state index is 14.2. The monoisotopic (exact) mass is 574 g/mol. The standard InChI is InChI=1S/C27H22ClF3N4O5/c1-3-20(21(36)9-13-4-6-16(25(32)38)19(29)8-13)35-12-22(39-2)18(11-23(35)37)17-10-14(28)5-7-15(17)26-33-34-27(40-26)24(30)31/h4-8,10-12,20,24H,3,9H2,1-2H3,(H2,32,38). The van der Waals surface area contributed by atoms with Crippen molar-refractivity contribution in [2.45, 2.75) is 32.2 Å². The molecule has 40 heavy (non-hydrogen) atoms. The van der Waals surface area contributed by atoms with Crippen LogP contribution in [0.3, 0.4) is 0 Å². The number of hydrogen-bond acceptors (Lipinski definition) is 7. The lowest BCUT2D eigenvalue weighted by Crippen LogP contribution is -2.30. The molecule has 0 spiro atoms. The number of Topliss-reactive ketones (excluding diaryl/α,β-unsaturated/α-hetero) is 1. The van der Waals surface area contributed by atoms with E-state index in [2.05, 4.69) is 10.2 Å². The summed E-state index contributed by atoms with van der Waals surface area (Å²) in [5.74, 6) is -3.10. The molecule has 13 heteroatoms. The number of primary amides is 1. The van der Waals surface area contributed by atoms with Crippen molar-refractivity contribution in [2.24, 2.45) is 5.73 Å². The fraction of sp³-hybridized carbons (Fsp3) is 0.222. The number of amides is 1. The number of carbonyl (C=O) groups excluding carboxylic acids is 2. The van der Waals surface area contributed by atoms with E-state index in [0.29, 0.717) is 11.1 Å².